The maximum absolute atomic E-state index is 12.5. The number of nitrogens with one attached hydrogen (secondary N) is 1. The Kier molecular flexibility index (Phi) is 4.35. The number of carboxylic acid groups (broad SMARTS) is 1. The molecule has 1 fully saturated rings. The molecule has 1 aromatic rings. The molecular formula is C17H17NO6. The summed E-state index contributed by atoms with van der Waals surface area (Å²) in [4.78, 5) is 35.4. The first kappa shape index (κ1) is 16.2. The minimum Gasteiger partial charge on any atom is -0.481 e. The van der Waals surface area contributed by atoms with Gasteiger partial charge in [0.1, 0.15) is 5.92 Å². The van der Waals surface area contributed by atoms with Crippen LogP contribution in [0.1, 0.15) is 17.3 Å². The van der Waals surface area contributed by atoms with Gasteiger partial charge in [-0.3, -0.25) is 9.59 Å². The predicted octanol–water partition coefficient (Wildman–Crippen LogP) is 1.46. The highest BCUT2D eigenvalue weighted by Crippen LogP contribution is 2.39. The topological polar surface area (TPSA) is 102 Å². The van der Waals surface area contributed by atoms with Gasteiger partial charge in [0.2, 0.25) is 5.91 Å². The molecular weight excluding hydrogens is 314 g/mol. The fourth-order valence-electron chi connectivity index (χ4n) is 3.04. The number of carbonyl (C=O) groups is 3. The number of benzene rings is 1. The molecule has 0 spiro atoms. The first-order valence-electron chi connectivity index (χ1n) is 7.66. The third kappa shape index (κ3) is 2.90. The van der Waals surface area contributed by atoms with Crippen LogP contribution in [0.25, 0.3) is 0 Å². The number of rotatable bonds is 5. The average Bonchev–Trinajstić information content (AvgIpc) is 3.16. The largest absolute Gasteiger partial charge is 0.481 e. The molecule has 1 saturated heterocycles. The monoisotopic (exact) mass is 331 g/mol. The van der Waals surface area contributed by atoms with E-state index in [1.54, 1.807) is 43.3 Å². The van der Waals surface area contributed by atoms with Crippen molar-refractivity contribution in [3.63, 3.8) is 0 Å². The molecule has 3 rings (SSSR count). The molecule has 126 valence electrons. The van der Waals surface area contributed by atoms with E-state index in [0.29, 0.717) is 11.3 Å². The van der Waals surface area contributed by atoms with Gasteiger partial charge < -0.3 is 19.9 Å². The normalized spacial score (nSPS) is 27.0. The van der Waals surface area contributed by atoms with Gasteiger partial charge >= 0.3 is 11.9 Å². The summed E-state index contributed by atoms with van der Waals surface area (Å²) in [6.45, 7) is 2.00. The Labute approximate surface area is 138 Å². The highest BCUT2D eigenvalue weighted by molar-refractivity contribution is 5.97. The molecule has 2 bridgehead atoms. The van der Waals surface area contributed by atoms with E-state index < -0.39 is 41.9 Å². The van der Waals surface area contributed by atoms with Crippen molar-refractivity contribution in [3.05, 3.63) is 42.0 Å². The molecule has 1 aromatic carbocycles. The third-order valence-corrected chi connectivity index (χ3v) is 4.15. The van der Waals surface area contributed by atoms with Gasteiger partial charge in [-0.1, -0.05) is 12.2 Å². The van der Waals surface area contributed by atoms with Gasteiger partial charge in [-0.25, -0.2) is 4.79 Å². The first-order valence-corrected chi connectivity index (χ1v) is 7.66. The van der Waals surface area contributed by atoms with E-state index in [1.807, 2.05) is 0 Å². The number of fused-ring (bicyclic) bond motifs is 2. The number of carboxylic acids is 1. The Balaban J connectivity index is 1.70. The van der Waals surface area contributed by atoms with Crippen LogP contribution in [-0.2, 0) is 19.1 Å². The van der Waals surface area contributed by atoms with Crippen LogP contribution in [0.15, 0.2) is 36.4 Å². The summed E-state index contributed by atoms with van der Waals surface area (Å²) in [5.41, 5.74) is 0.855. The Morgan fingerprint density at radius 2 is 1.75 bits per heavy atom. The molecule has 2 heterocycles. The average molecular weight is 331 g/mol. The number of hydrogen-bond donors (Lipinski definition) is 2. The SMILES string of the molecule is CCOC(=O)c1ccc(NC(=O)[C@@H]2[C@@H](C(=O)O)[C@@H]3C=C[C@H]2O3)cc1. The molecule has 0 saturated carbocycles. The number of esters is 1. The van der Waals surface area contributed by atoms with Crippen LogP contribution < -0.4 is 5.32 Å². The van der Waals surface area contributed by atoms with Gasteiger partial charge in [-0.2, -0.15) is 0 Å². The van der Waals surface area contributed by atoms with Crippen LogP contribution in [0.2, 0.25) is 0 Å². The standard InChI is InChI=1S/C17H17NO6/c1-2-23-17(22)9-3-5-10(6-4-9)18-15(19)13-11-7-8-12(24-11)14(13)16(20)21/h3-8,11-14H,2H2,1H3,(H,18,19)(H,20,21)/t11-,12+,13+,14+/m1/s1. The summed E-state index contributed by atoms with van der Waals surface area (Å²) in [5, 5.41) is 12.0. The van der Waals surface area contributed by atoms with Crippen LogP contribution in [0.5, 0.6) is 0 Å². The lowest BCUT2D eigenvalue weighted by Gasteiger charge is -2.21. The third-order valence-electron chi connectivity index (χ3n) is 4.15. The van der Waals surface area contributed by atoms with Crippen molar-refractivity contribution in [1.29, 1.82) is 0 Å². The van der Waals surface area contributed by atoms with Crippen molar-refractivity contribution in [2.75, 3.05) is 11.9 Å². The lowest BCUT2D eigenvalue weighted by molar-refractivity contribution is -0.145. The molecule has 4 atom stereocenters. The molecule has 2 N–H and O–H groups in total. The van der Waals surface area contributed by atoms with Gasteiger partial charge in [0.25, 0.3) is 0 Å². The summed E-state index contributed by atoms with van der Waals surface area (Å²) >= 11 is 0. The summed E-state index contributed by atoms with van der Waals surface area (Å²) < 4.78 is 10.4. The summed E-state index contributed by atoms with van der Waals surface area (Å²) in [6, 6.07) is 6.23. The highest BCUT2D eigenvalue weighted by Gasteiger charge is 2.53. The highest BCUT2D eigenvalue weighted by atomic mass is 16.5. The number of hydrogen-bond acceptors (Lipinski definition) is 5. The second kappa shape index (κ2) is 6.45. The van der Waals surface area contributed by atoms with Crippen LogP contribution in [0, 0.1) is 11.8 Å². The van der Waals surface area contributed by atoms with E-state index in [-0.39, 0.29) is 6.61 Å². The van der Waals surface area contributed by atoms with E-state index >= 15 is 0 Å². The second-order valence-corrected chi connectivity index (χ2v) is 5.63. The number of carbonyl (C=O) groups excluding carboxylic acids is 2. The Morgan fingerprint density at radius 3 is 2.33 bits per heavy atom. The summed E-state index contributed by atoms with van der Waals surface area (Å²) in [5.74, 6) is -3.57. The molecule has 1 amide bonds. The van der Waals surface area contributed by atoms with E-state index in [9.17, 15) is 19.5 Å². The zero-order chi connectivity index (χ0) is 17.3. The van der Waals surface area contributed by atoms with Crippen LogP contribution in [0.3, 0.4) is 0 Å². The number of ether oxygens (including phenoxy) is 2. The summed E-state index contributed by atoms with van der Waals surface area (Å²) in [6.07, 6.45) is 2.32. The number of amides is 1. The first-order chi connectivity index (χ1) is 11.5. The van der Waals surface area contributed by atoms with Gasteiger partial charge in [-0.05, 0) is 31.2 Å². The number of aliphatic carboxylic acids is 1. The molecule has 24 heavy (non-hydrogen) atoms. The molecule has 2 aliphatic heterocycles. The molecule has 7 heteroatoms. The van der Waals surface area contributed by atoms with E-state index in [1.165, 1.54) is 0 Å². The van der Waals surface area contributed by atoms with Crippen LogP contribution in [0.4, 0.5) is 5.69 Å². The van der Waals surface area contributed by atoms with E-state index in [0.717, 1.165) is 0 Å². The molecule has 0 aliphatic carbocycles. The number of anilines is 1. The lowest BCUT2D eigenvalue weighted by Crippen LogP contribution is -2.39. The molecule has 0 aromatic heterocycles. The Hall–Kier alpha value is -2.67. The molecule has 2 aliphatic rings. The fourth-order valence-corrected chi connectivity index (χ4v) is 3.04. The molecule has 7 nitrogen and oxygen atoms in total. The molecule has 0 radical (unpaired) electrons. The minimum absolute atomic E-state index is 0.283. The summed E-state index contributed by atoms with van der Waals surface area (Å²) in [7, 11) is 0. The van der Waals surface area contributed by atoms with Gasteiger partial charge in [-0.15, -0.1) is 0 Å². The van der Waals surface area contributed by atoms with E-state index in [2.05, 4.69) is 5.32 Å². The maximum Gasteiger partial charge on any atom is 0.338 e. The van der Waals surface area contributed by atoms with Crippen molar-refractivity contribution >= 4 is 23.5 Å². The Bertz CT molecular complexity index is 696. The zero-order valence-corrected chi connectivity index (χ0v) is 13.0. The van der Waals surface area contributed by atoms with Crippen molar-refractivity contribution in [1.82, 2.24) is 0 Å². The smallest absolute Gasteiger partial charge is 0.338 e. The van der Waals surface area contributed by atoms with Crippen molar-refractivity contribution in [2.24, 2.45) is 11.8 Å². The Morgan fingerprint density at radius 1 is 1.12 bits per heavy atom. The quantitative estimate of drug-likeness (QED) is 0.625. The zero-order valence-electron chi connectivity index (χ0n) is 13.0. The second-order valence-electron chi connectivity index (χ2n) is 5.63. The van der Waals surface area contributed by atoms with Crippen molar-refractivity contribution in [2.45, 2.75) is 19.1 Å². The van der Waals surface area contributed by atoms with Crippen molar-refractivity contribution < 1.29 is 29.0 Å². The predicted molar refractivity (Wildman–Crippen MR) is 83.4 cm³/mol. The van der Waals surface area contributed by atoms with Crippen LogP contribution in [-0.4, -0.2) is 41.8 Å². The van der Waals surface area contributed by atoms with Gasteiger partial charge in [0.05, 0.1) is 30.3 Å². The van der Waals surface area contributed by atoms with Crippen molar-refractivity contribution in [3.8, 4) is 0 Å². The van der Waals surface area contributed by atoms with Gasteiger partial charge in [0, 0.05) is 5.69 Å². The van der Waals surface area contributed by atoms with E-state index in [4.69, 9.17) is 9.47 Å². The lowest BCUT2D eigenvalue weighted by atomic mass is 9.82. The fraction of sp³-hybridized carbons (Fsp3) is 0.353. The maximum atomic E-state index is 12.5. The van der Waals surface area contributed by atoms with Gasteiger partial charge in [0.15, 0.2) is 0 Å². The minimum atomic E-state index is -1.05. The molecule has 0 unspecified atom stereocenters. The van der Waals surface area contributed by atoms with Crippen LogP contribution >= 0.6 is 0 Å².